The van der Waals surface area contributed by atoms with E-state index in [9.17, 15) is 14.0 Å². The molecule has 3 heteroatoms. The molecule has 21 heavy (non-hydrogen) atoms. The standard InChI is InChI=1S/C18H9FO2/c19-15-7-3-6-11-10(15)8-9-14-16(11)18(21)13-5-2-1-4-12(13)17(14)20/h1-9H. The summed E-state index contributed by atoms with van der Waals surface area (Å²) in [6, 6.07) is 14.4. The summed E-state index contributed by atoms with van der Waals surface area (Å²) in [6.07, 6.45) is 0. The predicted octanol–water partition coefficient (Wildman–Crippen LogP) is 3.75. The Labute approximate surface area is 119 Å². The maximum atomic E-state index is 13.9. The summed E-state index contributed by atoms with van der Waals surface area (Å²) in [6.45, 7) is 0. The van der Waals surface area contributed by atoms with Crippen molar-refractivity contribution in [3.8, 4) is 0 Å². The van der Waals surface area contributed by atoms with E-state index in [4.69, 9.17) is 0 Å². The Balaban J connectivity index is 2.14. The maximum absolute atomic E-state index is 13.9. The van der Waals surface area contributed by atoms with Crippen molar-refractivity contribution in [2.45, 2.75) is 0 Å². The fourth-order valence-electron chi connectivity index (χ4n) is 2.91. The number of fused-ring (bicyclic) bond motifs is 4. The lowest BCUT2D eigenvalue weighted by atomic mass is 9.81. The highest BCUT2D eigenvalue weighted by Gasteiger charge is 2.30. The molecule has 1 aliphatic carbocycles. The van der Waals surface area contributed by atoms with Crippen LogP contribution in [0.1, 0.15) is 31.8 Å². The van der Waals surface area contributed by atoms with Crippen LogP contribution in [0.25, 0.3) is 10.8 Å². The molecular formula is C18H9FO2. The number of ketones is 2. The molecule has 4 rings (SSSR count). The molecule has 2 nitrogen and oxygen atoms in total. The Bertz CT molecular complexity index is 941. The summed E-state index contributed by atoms with van der Waals surface area (Å²) in [7, 11) is 0. The molecule has 0 unspecified atom stereocenters. The largest absolute Gasteiger partial charge is 0.289 e. The fraction of sp³-hybridized carbons (Fsp3) is 0. The zero-order valence-corrected chi connectivity index (χ0v) is 10.9. The van der Waals surface area contributed by atoms with Crippen molar-refractivity contribution in [1.29, 1.82) is 0 Å². The monoisotopic (exact) mass is 276 g/mol. The van der Waals surface area contributed by atoms with Crippen LogP contribution in [0.4, 0.5) is 4.39 Å². The van der Waals surface area contributed by atoms with E-state index in [0.717, 1.165) is 0 Å². The molecule has 3 aromatic carbocycles. The first-order chi connectivity index (χ1) is 10.2. The lowest BCUT2D eigenvalue weighted by Crippen LogP contribution is -2.21. The highest BCUT2D eigenvalue weighted by Crippen LogP contribution is 2.33. The van der Waals surface area contributed by atoms with Gasteiger partial charge in [0, 0.05) is 27.6 Å². The summed E-state index contributed by atoms with van der Waals surface area (Å²) in [5.41, 5.74) is 1.44. The molecule has 0 atom stereocenters. The first-order valence-corrected chi connectivity index (χ1v) is 6.58. The molecular weight excluding hydrogens is 267 g/mol. The van der Waals surface area contributed by atoms with Gasteiger partial charge in [0.25, 0.3) is 0 Å². The molecule has 0 fully saturated rings. The smallest absolute Gasteiger partial charge is 0.195 e. The minimum atomic E-state index is -0.394. The minimum Gasteiger partial charge on any atom is -0.289 e. The van der Waals surface area contributed by atoms with Crippen LogP contribution in [0.3, 0.4) is 0 Å². The molecule has 0 saturated carbocycles. The van der Waals surface area contributed by atoms with E-state index >= 15 is 0 Å². The van der Waals surface area contributed by atoms with E-state index in [0.29, 0.717) is 33.0 Å². The molecule has 0 spiro atoms. The van der Waals surface area contributed by atoms with E-state index in [1.165, 1.54) is 12.1 Å². The van der Waals surface area contributed by atoms with Crippen LogP contribution in [-0.4, -0.2) is 11.6 Å². The van der Waals surface area contributed by atoms with Crippen molar-refractivity contribution in [2.24, 2.45) is 0 Å². The van der Waals surface area contributed by atoms with Gasteiger partial charge in [0.2, 0.25) is 0 Å². The Kier molecular flexibility index (Phi) is 2.33. The van der Waals surface area contributed by atoms with Crippen molar-refractivity contribution in [3.63, 3.8) is 0 Å². The minimum absolute atomic E-state index is 0.189. The summed E-state index contributed by atoms with van der Waals surface area (Å²) in [4.78, 5) is 25.2. The first-order valence-electron chi connectivity index (χ1n) is 6.58. The van der Waals surface area contributed by atoms with Gasteiger partial charge in [-0.3, -0.25) is 9.59 Å². The van der Waals surface area contributed by atoms with Crippen LogP contribution in [0.15, 0.2) is 54.6 Å². The van der Waals surface area contributed by atoms with Crippen LogP contribution in [0.2, 0.25) is 0 Å². The average molecular weight is 276 g/mol. The number of rotatable bonds is 0. The number of hydrogen-bond acceptors (Lipinski definition) is 2. The topological polar surface area (TPSA) is 34.1 Å². The average Bonchev–Trinajstić information content (AvgIpc) is 2.52. The van der Waals surface area contributed by atoms with Crippen molar-refractivity contribution in [1.82, 2.24) is 0 Å². The molecule has 0 aromatic heterocycles. The normalized spacial score (nSPS) is 13.2. The van der Waals surface area contributed by atoms with Gasteiger partial charge in [-0.05, 0) is 17.5 Å². The number of carbonyl (C=O) groups excluding carboxylic acids is 2. The number of carbonyl (C=O) groups is 2. The zero-order chi connectivity index (χ0) is 14.6. The second-order valence-corrected chi connectivity index (χ2v) is 5.03. The molecule has 0 saturated heterocycles. The Morgan fingerprint density at radius 3 is 2.10 bits per heavy atom. The molecule has 0 heterocycles. The van der Waals surface area contributed by atoms with Gasteiger partial charge in [0.05, 0.1) is 0 Å². The van der Waals surface area contributed by atoms with Crippen LogP contribution < -0.4 is 0 Å². The van der Waals surface area contributed by atoms with E-state index in [1.54, 1.807) is 42.5 Å². The molecule has 3 aromatic rings. The summed E-state index contributed by atoms with van der Waals surface area (Å²) < 4.78 is 13.9. The maximum Gasteiger partial charge on any atom is 0.195 e. The molecule has 0 bridgehead atoms. The number of halogens is 1. The lowest BCUT2D eigenvalue weighted by molar-refractivity contribution is 0.0980. The van der Waals surface area contributed by atoms with Gasteiger partial charge in [-0.1, -0.05) is 42.5 Å². The van der Waals surface area contributed by atoms with Crippen LogP contribution in [-0.2, 0) is 0 Å². The first kappa shape index (κ1) is 12.0. The summed E-state index contributed by atoms with van der Waals surface area (Å²) in [5.74, 6) is -0.808. The SMILES string of the molecule is O=C1c2ccccc2C(=O)c2c1ccc1c(F)cccc21. The van der Waals surface area contributed by atoms with Gasteiger partial charge in [-0.15, -0.1) is 0 Å². The third-order valence-electron chi connectivity index (χ3n) is 3.90. The highest BCUT2D eigenvalue weighted by atomic mass is 19.1. The zero-order valence-electron chi connectivity index (χ0n) is 10.9. The second-order valence-electron chi connectivity index (χ2n) is 5.03. The lowest BCUT2D eigenvalue weighted by Gasteiger charge is -2.19. The third-order valence-corrected chi connectivity index (χ3v) is 3.90. The summed E-state index contributed by atoms with van der Waals surface area (Å²) in [5, 5.41) is 0.845. The number of benzene rings is 3. The van der Waals surface area contributed by atoms with Crippen molar-refractivity contribution >= 4 is 22.3 Å². The predicted molar refractivity (Wildman–Crippen MR) is 77.2 cm³/mol. The molecule has 1 aliphatic rings. The van der Waals surface area contributed by atoms with E-state index in [-0.39, 0.29) is 11.6 Å². The number of hydrogen-bond donors (Lipinski definition) is 0. The fourth-order valence-corrected chi connectivity index (χ4v) is 2.91. The highest BCUT2D eigenvalue weighted by molar-refractivity contribution is 6.32. The van der Waals surface area contributed by atoms with Gasteiger partial charge < -0.3 is 0 Å². The van der Waals surface area contributed by atoms with Gasteiger partial charge in [-0.2, -0.15) is 0 Å². The van der Waals surface area contributed by atoms with Gasteiger partial charge in [0.15, 0.2) is 11.6 Å². The van der Waals surface area contributed by atoms with Gasteiger partial charge in [0.1, 0.15) is 5.82 Å². The third kappa shape index (κ3) is 1.51. The Morgan fingerprint density at radius 1 is 0.619 bits per heavy atom. The molecule has 0 amide bonds. The quantitative estimate of drug-likeness (QED) is 0.490. The van der Waals surface area contributed by atoms with Gasteiger partial charge in [-0.25, -0.2) is 4.39 Å². The van der Waals surface area contributed by atoms with E-state index < -0.39 is 5.82 Å². The molecule has 0 aliphatic heterocycles. The van der Waals surface area contributed by atoms with E-state index in [1.807, 2.05) is 0 Å². The van der Waals surface area contributed by atoms with Crippen LogP contribution in [0.5, 0.6) is 0 Å². The van der Waals surface area contributed by atoms with E-state index in [2.05, 4.69) is 0 Å². The molecule has 0 N–H and O–H groups in total. The van der Waals surface area contributed by atoms with Crippen molar-refractivity contribution in [3.05, 3.63) is 82.7 Å². The van der Waals surface area contributed by atoms with Crippen LogP contribution in [0, 0.1) is 5.82 Å². The van der Waals surface area contributed by atoms with Crippen molar-refractivity contribution < 1.29 is 14.0 Å². The summed E-state index contributed by atoms with van der Waals surface area (Å²) >= 11 is 0. The molecule has 0 radical (unpaired) electrons. The van der Waals surface area contributed by atoms with Crippen molar-refractivity contribution in [2.75, 3.05) is 0 Å². The molecule has 100 valence electrons. The second kappa shape index (κ2) is 4.09. The Hall–Kier alpha value is -2.81. The Morgan fingerprint density at radius 2 is 1.33 bits per heavy atom. The van der Waals surface area contributed by atoms with Gasteiger partial charge >= 0.3 is 0 Å². The van der Waals surface area contributed by atoms with Crippen LogP contribution >= 0.6 is 0 Å².